The van der Waals surface area contributed by atoms with E-state index in [1.54, 1.807) is 35.2 Å². The van der Waals surface area contributed by atoms with Crippen molar-refractivity contribution in [2.24, 2.45) is 0 Å². The van der Waals surface area contributed by atoms with E-state index in [4.69, 9.17) is 10.2 Å². The molecule has 0 spiro atoms. The zero-order chi connectivity index (χ0) is 21.3. The lowest BCUT2D eigenvalue weighted by Gasteiger charge is -2.36. The zero-order valence-corrected chi connectivity index (χ0v) is 15.9. The van der Waals surface area contributed by atoms with E-state index in [-0.39, 0.29) is 17.5 Å². The number of nitrogen functional groups attached to an aromatic ring is 1. The highest BCUT2D eigenvalue weighted by Gasteiger charge is 2.31. The Labute approximate surface area is 170 Å². The first kappa shape index (κ1) is 19.8. The van der Waals surface area contributed by atoms with Gasteiger partial charge in [0, 0.05) is 37.6 Å². The summed E-state index contributed by atoms with van der Waals surface area (Å²) < 4.78 is 44.3. The Bertz CT molecular complexity index is 1060. The number of hydrogen-bond acceptors (Lipinski definition) is 5. The largest absolute Gasteiger partial charge is 0.444 e. The van der Waals surface area contributed by atoms with Crippen molar-refractivity contribution >= 4 is 17.3 Å². The summed E-state index contributed by atoms with van der Waals surface area (Å²) in [6.45, 7) is 1.57. The zero-order valence-electron chi connectivity index (χ0n) is 15.9. The molecule has 3 aromatic rings. The van der Waals surface area contributed by atoms with Crippen LogP contribution in [0, 0.1) is 0 Å². The highest BCUT2D eigenvalue weighted by molar-refractivity contribution is 5.92. The molecule has 0 saturated carbocycles. The molecule has 30 heavy (non-hydrogen) atoms. The third-order valence-corrected chi connectivity index (χ3v) is 5.02. The molecule has 0 aliphatic carbocycles. The number of piperazine rings is 1. The van der Waals surface area contributed by atoms with E-state index in [9.17, 15) is 18.0 Å². The Morgan fingerprint density at radius 3 is 2.47 bits per heavy atom. The number of carbonyl (C=O) groups excluding carboxylic acids is 1. The lowest BCUT2D eigenvalue weighted by Crippen LogP contribution is -2.48. The molecule has 1 aliphatic heterocycles. The minimum absolute atomic E-state index is 0.167. The fourth-order valence-electron chi connectivity index (χ4n) is 3.40. The Balaban J connectivity index is 1.43. The summed E-state index contributed by atoms with van der Waals surface area (Å²) in [5, 5.41) is 0. The summed E-state index contributed by atoms with van der Waals surface area (Å²) >= 11 is 0. The maximum atomic E-state index is 12.9. The molecule has 1 fully saturated rings. The van der Waals surface area contributed by atoms with Crippen LogP contribution in [0.5, 0.6) is 0 Å². The number of anilines is 2. The van der Waals surface area contributed by atoms with Crippen molar-refractivity contribution in [2.45, 2.75) is 6.18 Å². The van der Waals surface area contributed by atoms with Crippen LogP contribution in [0.2, 0.25) is 0 Å². The van der Waals surface area contributed by atoms with Gasteiger partial charge in [-0.3, -0.25) is 4.79 Å². The predicted molar refractivity (Wildman–Crippen MR) is 106 cm³/mol. The van der Waals surface area contributed by atoms with E-state index in [1.807, 2.05) is 4.90 Å². The highest BCUT2D eigenvalue weighted by atomic mass is 19.4. The van der Waals surface area contributed by atoms with E-state index in [2.05, 4.69) is 4.98 Å². The van der Waals surface area contributed by atoms with E-state index in [0.717, 1.165) is 12.1 Å². The van der Waals surface area contributed by atoms with Crippen LogP contribution in [0.3, 0.4) is 0 Å². The molecular weight excluding hydrogens is 397 g/mol. The summed E-state index contributed by atoms with van der Waals surface area (Å²) in [5.74, 6) is -0.0257. The van der Waals surface area contributed by atoms with Crippen LogP contribution >= 0.6 is 0 Å². The Morgan fingerprint density at radius 2 is 1.77 bits per heavy atom. The number of hydrogen-bond donors (Lipinski definition) is 1. The third kappa shape index (κ3) is 3.96. The van der Waals surface area contributed by atoms with Gasteiger partial charge in [0.15, 0.2) is 5.69 Å². The molecule has 1 aromatic heterocycles. The van der Waals surface area contributed by atoms with Gasteiger partial charge in [0.25, 0.3) is 5.91 Å². The molecule has 4 rings (SSSR count). The van der Waals surface area contributed by atoms with Crippen LogP contribution in [-0.4, -0.2) is 42.0 Å². The number of alkyl halides is 3. The number of halogens is 3. The molecule has 2 aromatic carbocycles. The monoisotopic (exact) mass is 416 g/mol. The van der Waals surface area contributed by atoms with Gasteiger partial charge in [-0.15, -0.1) is 0 Å². The SMILES string of the molecule is Nc1ccccc1-c1nc(C(=O)N2CCN(c3cccc(C(F)(F)F)c3)CC2)co1. The molecule has 9 heteroatoms. The fourth-order valence-corrected chi connectivity index (χ4v) is 3.40. The second-order valence-corrected chi connectivity index (χ2v) is 6.95. The van der Waals surface area contributed by atoms with Crippen molar-refractivity contribution in [3.8, 4) is 11.5 Å². The standard InChI is InChI=1S/C21H19F3N4O2/c22-21(23,24)14-4-3-5-15(12-14)27-8-10-28(11-9-27)20(29)18-13-30-19(26-18)16-6-1-2-7-17(16)25/h1-7,12-13H,8-11,25H2. The summed E-state index contributed by atoms with van der Waals surface area (Å²) in [6, 6.07) is 12.3. The number of para-hydroxylation sites is 1. The van der Waals surface area contributed by atoms with Gasteiger partial charge >= 0.3 is 6.18 Å². The average Bonchev–Trinajstić information content (AvgIpc) is 3.23. The number of amides is 1. The van der Waals surface area contributed by atoms with Crippen molar-refractivity contribution in [2.75, 3.05) is 36.8 Å². The van der Waals surface area contributed by atoms with Crippen molar-refractivity contribution in [3.05, 3.63) is 66.1 Å². The normalized spacial score (nSPS) is 14.8. The molecule has 1 aliphatic rings. The van der Waals surface area contributed by atoms with Crippen LogP contribution in [0.1, 0.15) is 16.1 Å². The molecule has 156 valence electrons. The summed E-state index contributed by atoms with van der Waals surface area (Å²) in [7, 11) is 0. The Kier molecular flexibility index (Phi) is 5.11. The van der Waals surface area contributed by atoms with Crippen molar-refractivity contribution in [1.29, 1.82) is 0 Å². The van der Waals surface area contributed by atoms with Gasteiger partial charge in [-0.05, 0) is 30.3 Å². The lowest BCUT2D eigenvalue weighted by molar-refractivity contribution is -0.137. The van der Waals surface area contributed by atoms with E-state index in [0.29, 0.717) is 43.1 Å². The smallest absolute Gasteiger partial charge is 0.416 e. The molecule has 0 unspecified atom stereocenters. The van der Waals surface area contributed by atoms with E-state index in [1.165, 1.54) is 12.3 Å². The molecule has 1 saturated heterocycles. The summed E-state index contributed by atoms with van der Waals surface area (Å²) in [5.41, 5.74) is 6.98. The first-order valence-electron chi connectivity index (χ1n) is 9.35. The first-order valence-corrected chi connectivity index (χ1v) is 9.35. The van der Waals surface area contributed by atoms with Crippen LogP contribution in [0.25, 0.3) is 11.5 Å². The number of aromatic nitrogens is 1. The molecule has 6 nitrogen and oxygen atoms in total. The fraction of sp³-hybridized carbons (Fsp3) is 0.238. The molecule has 2 heterocycles. The molecular formula is C21H19F3N4O2. The molecule has 0 radical (unpaired) electrons. The quantitative estimate of drug-likeness (QED) is 0.656. The number of oxazole rings is 1. The van der Waals surface area contributed by atoms with Gasteiger partial charge in [-0.25, -0.2) is 4.98 Å². The number of nitrogens with zero attached hydrogens (tertiary/aromatic N) is 3. The molecule has 0 bridgehead atoms. The predicted octanol–water partition coefficient (Wildman–Crippen LogP) is 3.91. The highest BCUT2D eigenvalue weighted by Crippen LogP contribution is 2.32. The third-order valence-electron chi connectivity index (χ3n) is 5.02. The topological polar surface area (TPSA) is 75.6 Å². The minimum atomic E-state index is -4.39. The Hall–Kier alpha value is -3.49. The number of nitrogens with two attached hydrogens (primary N) is 1. The van der Waals surface area contributed by atoms with Crippen LogP contribution in [0.4, 0.5) is 24.5 Å². The van der Waals surface area contributed by atoms with Gasteiger partial charge < -0.3 is 20.0 Å². The second kappa shape index (κ2) is 7.74. The van der Waals surface area contributed by atoms with Crippen LogP contribution < -0.4 is 10.6 Å². The van der Waals surface area contributed by atoms with Gasteiger partial charge in [0.1, 0.15) is 6.26 Å². The van der Waals surface area contributed by atoms with Crippen LogP contribution in [0.15, 0.2) is 59.2 Å². The maximum absolute atomic E-state index is 12.9. The minimum Gasteiger partial charge on any atom is -0.444 e. The first-order chi connectivity index (χ1) is 14.3. The van der Waals surface area contributed by atoms with Gasteiger partial charge in [-0.2, -0.15) is 13.2 Å². The molecule has 1 amide bonds. The second-order valence-electron chi connectivity index (χ2n) is 6.95. The summed E-state index contributed by atoms with van der Waals surface area (Å²) in [6.07, 6.45) is -3.09. The van der Waals surface area contributed by atoms with Gasteiger partial charge in [0.05, 0.1) is 11.1 Å². The lowest BCUT2D eigenvalue weighted by atomic mass is 10.1. The molecule has 0 atom stereocenters. The number of benzene rings is 2. The number of rotatable bonds is 3. The van der Waals surface area contributed by atoms with Crippen molar-refractivity contribution in [1.82, 2.24) is 9.88 Å². The molecule has 2 N–H and O–H groups in total. The average molecular weight is 416 g/mol. The van der Waals surface area contributed by atoms with Crippen molar-refractivity contribution in [3.63, 3.8) is 0 Å². The van der Waals surface area contributed by atoms with Crippen LogP contribution in [-0.2, 0) is 6.18 Å². The van der Waals surface area contributed by atoms with E-state index >= 15 is 0 Å². The summed E-state index contributed by atoms with van der Waals surface area (Å²) in [4.78, 5) is 20.5. The van der Waals surface area contributed by atoms with Gasteiger partial charge in [-0.1, -0.05) is 18.2 Å². The number of carbonyl (C=O) groups is 1. The Morgan fingerprint density at radius 1 is 1.03 bits per heavy atom. The van der Waals surface area contributed by atoms with Crippen molar-refractivity contribution < 1.29 is 22.4 Å². The van der Waals surface area contributed by atoms with Gasteiger partial charge in [0.2, 0.25) is 5.89 Å². The maximum Gasteiger partial charge on any atom is 0.416 e. The van der Waals surface area contributed by atoms with E-state index < -0.39 is 11.7 Å².